The highest BCUT2D eigenvalue weighted by Gasteiger charge is 2.51. The number of benzene rings is 2. The molecule has 0 radical (unpaired) electrons. The summed E-state index contributed by atoms with van der Waals surface area (Å²) in [4.78, 5) is 32.3. The number of thioether (sulfide) groups is 1. The van der Waals surface area contributed by atoms with Gasteiger partial charge in [-0.25, -0.2) is 18.1 Å². The third-order valence-corrected chi connectivity index (χ3v) is 11.8. The number of aromatic nitrogens is 3. The third-order valence-electron chi connectivity index (χ3n) is 9.43. The summed E-state index contributed by atoms with van der Waals surface area (Å²) >= 11 is 14.6. The largest absolute Gasteiger partial charge is 0.431 e. The number of rotatable bonds is 11. The first-order valence-electron chi connectivity index (χ1n) is 18.7. The average Bonchev–Trinajstić information content (AvgIpc) is 3.65. The molecule has 0 aliphatic heterocycles. The van der Waals surface area contributed by atoms with E-state index in [1.165, 1.54) is 44.0 Å². The number of hydrogen-bond acceptors (Lipinski definition) is 8. The molecular formula is C41H39Cl2F10N7O2S2. The SMILES string of the molecule is CCN=C1/C(=C(\N)C(F)(F)F)[C@@H](C)CC1(F)F.CSN(C(=O)Cl)c1nn(CC(F)(F)F)c2c(-c3ccc(C#CC(C)(C)SC)nc3C(Cc3cc(F)cc(F)c3)NC=O)ccc(Cl)c12. The Balaban J connectivity index is 0.000000443. The van der Waals surface area contributed by atoms with Crippen LogP contribution >= 0.6 is 46.9 Å². The van der Waals surface area contributed by atoms with Crippen LogP contribution in [0.25, 0.3) is 22.0 Å². The Labute approximate surface area is 379 Å². The summed E-state index contributed by atoms with van der Waals surface area (Å²) < 4.78 is 135. The molecule has 3 N–H and O–H groups in total. The Morgan fingerprint density at radius 1 is 1.09 bits per heavy atom. The van der Waals surface area contributed by atoms with Crippen LogP contribution in [0, 0.1) is 29.4 Å². The minimum absolute atomic E-state index is 0.000373. The first-order chi connectivity index (χ1) is 29.7. The highest BCUT2D eigenvalue weighted by Crippen LogP contribution is 2.45. The van der Waals surface area contributed by atoms with Gasteiger partial charge in [-0.2, -0.15) is 40.2 Å². The first kappa shape index (κ1) is 52.0. The fourth-order valence-electron chi connectivity index (χ4n) is 6.65. The molecule has 1 fully saturated rings. The lowest BCUT2D eigenvalue weighted by Gasteiger charge is -2.21. The van der Waals surface area contributed by atoms with Gasteiger partial charge in [-0.3, -0.25) is 19.3 Å². The number of nitrogens with one attached hydrogen (secondary N) is 1. The van der Waals surface area contributed by atoms with E-state index in [-0.39, 0.29) is 62.8 Å². The number of carbonyl (C=O) groups excluding carboxylic acids is 2. The third kappa shape index (κ3) is 12.6. The molecule has 346 valence electrons. The van der Waals surface area contributed by atoms with Crippen LogP contribution in [-0.2, 0) is 17.8 Å². The lowest BCUT2D eigenvalue weighted by Crippen LogP contribution is -2.28. The van der Waals surface area contributed by atoms with E-state index in [1.807, 2.05) is 20.1 Å². The molecule has 0 bridgehead atoms. The molecule has 1 aliphatic rings. The number of amides is 2. The smallest absolute Gasteiger partial charge is 0.394 e. The summed E-state index contributed by atoms with van der Waals surface area (Å²) in [5.41, 5.74) is 2.95. The summed E-state index contributed by atoms with van der Waals surface area (Å²) in [6, 6.07) is 7.86. The Hall–Kier alpha value is -4.65. The summed E-state index contributed by atoms with van der Waals surface area (Å²) in [6.07, 6.45) is -6.62. The van der Waals surface area contributed by atoms with E-state index < -0.39 is 81.9 Å². The van der Waals surface area contributed by atoms with Crippen molar-refractivity contribution in [2.24, 2.45) is 16.6 Å². The highest BCUT2D eigenvalue weighted by molar-refractivity contribution is 8.00. The number of hydrogen-bond donors (Lipinski definition) is 2. The van der Waals surface area contributed by atoms with Crippen molar-refractivity contribution in [3.63, 3.8) is 0 Å². The van der Waals surface area contributed by atoms with Crippen molar-refractivity contribution < 1.29 is 53.5 Å². The maximum absolute atomic E-state index is 14.1. The van der Waals surface area contributed by atoms with Gasteiger partial charge in [-0.05, 0) is 105 Å². The number of nitrogens with zero attached hydrogens (tertiary/aromatic N) is 5. The van der Waals surface area contributed by atoms with Crippen molar-refractivity contribution in [2.75, 3.05) is 23.4 Å². The van der Waals surface area contributed by atoms with Crippen molar-refractivity contribution in [1.82, 2.24) is 20.1 Å². The standard InChI is InChI=1S/C31H26Cl2F5N5O2S2.C10H13F5N2/c1-30(2,46-3)10-9-20-5-6-21(26(40-20)24(39-16-44)13-17-11-18(34)14-19(35)12-17)22-7-8-23(32)25-27(22)42(15-31(36,37)38)41-28(25)43(47-4)29(33)45;1-3-17-8-6(7(16)10(13,14)15)5(2)4-9(8,11)12/h5-8,11-12,14,16,24H,13,15H2,1-4H3,(H,39,44);5H,3-4,16H2,1-2H3/b;7-6-,17-8?/t;5-/m.0/s1. The van der Waals surface area contributed by atoms with Gasteiger partial charge in [0.2, 0.25) is 6.41 Å². The molecular weight excluding hydrogens is 948 g/mol. The van der Waals surface area contributed by atoms with E-state index in [0.29, 0.717) is 17.2 Å². The van der Waals surface area contributed by atoms with Crippen LogP contribution in [0.15, 0.2) is 58.7 Å². The number of fused-ring (bicyclic) bond motifs is 1. The molecule has 2 heterocycles. The van der Waals surface area contributed by atoms with E-state index in [9.17, 15) is 53.5 Å². The summed E-state index contributed by atoms with van der Waals surface area (Å²) in [5, 5.41) is 5.70. The molecule has 2 aromatic carbocycles. The van der Waals surface area contributed by atoms with Crippen LogP contribution in [0.1, 0.15) is 57.1 Å². The molecule has 2 atom stereocenters. The van der Waals surface area contributed by atoms with Crippen molar-refractivity contribution in [1.29, 1.82) is 0 Å². The van der Waals surface area contributed by atoms with E-state index in [0.717, 1.165) is 28.4 Å². The fraction of sp³-hybridized carbons (Fsp3) is 0.390. The zero-order chi connectivity index (χ0) is 48.1. The molecule has 5 rings (SSSR count). The van der Waals surface area contributed by atoms with Crippen LogP contribution < -0.4 is 15.4 Å². The molecule has 0 spiro atoms. The summed E-state index contributed by atoms with van der Waals surface area (Å²) in [5.74, 6) is -0.0865. The molecule has 1 aliphatic carbocycles. The topological polar surface area (TPSA) is 118 Å². The Morgan fingerprint density at radius 3 is 2.25 bits per heavy atom. The fourth-order valence-corrected chi connectivity index (χ4v) is 7.77. The Kier molecular flexibility index (Phi) is 16.8. The number of anilines is 1. The number of pyridine rings is 1. The Morgan fingerprint density at radius 2 is 1.72 bits per heavy atom. The normalized spacial score (nSPS) is 17.0. The number of halogens is 12. The van der Waals surface area contributed by atoms with Crippen molar-refractivity contribution in [3.8, 4) is 23.0 Å². The summed E-state index contributed by atoms with van der Waals surface area (Å²) in [7, 11) is 0. The van der Waals surface area contributed by atoms with Crippen molar-refractivity contribution in [2.45, 2.75) is 76.1 Å². The summed E-state index contributed by atoms with van der Waals surface area (Å²) in [6.45, 7) is 5.02. The molecule has 23 heteroatoms. The zero-order valence-electron chi connectivity index (χ0n) is 34.6. The zero-order valence-corrected chi connectivity index (χ0v) is 37.7. The van der Waals surface area contributed by atoms with Crippen LogP contribution in [0.2, 0.25) is 5.02 Å². The van der Waals surface area contributed by atoms with E-state index in [2.05, 4.69) is 27.2 Å². The molecule has 2 aromatic heterocycles. The van der Waals surface area contributed by atoms with Crippen molar-refractivity contribution in [3.05, 3.63) is 87.3 Å². The first-order valence-corrected chi connectivity index (χ1v) is 21.9. The van der Waals surface area contributed by atoms with Gasteiger partial charge < -0.3 is 11.1 Å². The second-order valence-electron chi connectivity index (χ2n) is 14.5. The number of alkyl halides is 8. The van der Waals surface area contributed by atoms with Crippen LogP contribution in [0.3, 0.4) is 0 Å². The predicted molar refractivity (Wildman–Crippen MR) is 232 cm³/mol. The van der Waals surface area contributed by atoms with Gasteiger partial charge in [0, 0.05) is 42.0 Å². The maximum atomic E-state index is 14.1. The Bertz CT molecular complexity index is 2500. The number of carbonyl (C=O) groups is 2. The van der Waals surface area contributed by atoms with Gasteiger partial charge in [0.05, 0.1) is 32.4 Å². The number of aliphatic imine (C=N–C) groups is 1. The van der Waals surface area contributed by atoms with Crippen molar-refractivity contribution >= 4 is 81.1 Å². The number of nitrogens with two attached hydrogens (primary N) is 1. The van der Waals surface area contributed by atoms with E-state index >= 15 is 0 Å². The molecule has 4 aromatic rings. The average molecular weight is 987 g/mol. The molecule has 64 heavy (non-hydrogen) atoms. The van der Waals surface area contributed by atoms with E-state index in [1.54, 1.807) is 12.1 Å². The lowest BCUT2D eigenvalue weighted by atomic mass is 9.94. The van der Waals surface area contributed by atoms with Gasteiger partial charge in [-0.1, -0.05) is 30.5 Å². The second-order valence-corrected chi connectivity index (χ2v) is 17.4. The van der Waals surface area contributed by atoms with Gasteiger partial charge >= 0.3 is 17.7 Å². The molecule has 1 unspecified atom stereocenters. The quantitative estimate of drug-likeness (QED) is 0.0384. The second kappa shape index (κ2) is 20.7. The minimum Gasteiger partial charge on any atom is -0.394 e. The highest BCUT2D eigenvalue weighted by atomic mass is 35.5. The number of allylic oxidation sites excluding steroid dienone is 2. The molecule has 2 amide bonds. The van der Waals surface area contributed by atoms with Crippen LogP contribution in [0.4, 0.5) is 54.5 Å². The van der Waals surface area contributed by atoms with Gasteiger partial charge in [0.15, 0.2) is 5.82 Å². The molecule has 1 saturated carbocycles. The van der Waals surface area contributed by atoms with Crippen LogP contribution in [-0.4, -0.2) is 74.3 Å². The maximum Gasteiger partial charge on any atom is 0.431 e. The molecule has 9 nitrogen and oxygen atoms in total. The monoisotopic (exact) mass is 985 g/mol. The van der Waals surface area contributed by atoms with E-state index in [4.69, 9.17) is 33.9 Å². The lowest BCUT2D eigenvalue weighted by molar-refractivity contribution is -0.141. The van der Waals surface area contributed by atoms with Gasteiger partial charge in [-0.15, -0.1) is 11.8 Å². The minimum atomic E-state index is -4.81. The molecule has 0 saturated heterocycles. The predicted octanol–water partition coefficient (Wildman–Crippen LogP) is 11.5. The van der Waals surface area contributed by atoms with Crippen LogP contribution in [0.5, 0.6) is 0 Å². The van der Waals surface area contributed by atoms with Gasteiger partial charge in [0.25, 0.3) is 5.92 Å². The van der Waals surface area contributed by atoms with Gasteiger partial charge in [0.1, 0.15) is 35.3 Å².